The summed E-state index contributed by atoms with van der Waals surface area (Å²) < 4.78 is 0. The van der Waals surface area contributed by atoms with E-state index in [9.17, 15) is 4.79 Å². The molecule has 0 spiro atoms. The van der Waals surface area contributed by atoms with E-state index in [0.29, 0.717) is 28.2 Å². The Labute approximate surface area is 189 Å². The van der Waals surface area contributed by atoms with Crippen LogP contribution in [0, 0.1) is 5.92 Å². The maximum atomic E-state index is 13.5. The van der Waals surface area contributed by atoms with Gasteiger partial charge in [-0.05, 0) is 49.8 Å². The number of nitrogens with one attached hydrogen (secondary N) is 3. The molecule has 0 bridgehead atoms. The maximum absolute atomic E-state index is 13.5. The lowest BCUT2D eigenvalue weighted by molar-refractivity contribution is -0.133. The molecule has 1 saturated heterocycles. The minimum atomic E-state index is -0.270. The summed E-state index contributed by atoms with van der Waals surface area (Å²) in [4.78, 5) is 24.0. The lowest BCUT2D eigenvalue weighted by Crippen LogP contribution is -2.51. The van der Waals surface area contributed by atoms with Gasteiger partial charge in [-0.2, -0.15) is 5.10 Å². The molecule has 1 unspecified atom stereocenters. The van der Waals surface area contributed by atoms with Crippen LogP contribution in [-0.2, 0) is 4.79 Å². The average Bonchev–Trinajstić information content (AvgIpc) is 3.47. The van der Waals surface area contributed by atoms with Crippen molar-refractivity contribution in [3.63, 3.8) is 0 Å². The number of benzene rings is 1. The Morgan fingerprint density at radius 3 is 2.74 bits per heavy atom. The number of hydrogen-bond donors (Lipinski definition) is 3. The van der Waals surface area contributed by atoms with Crippen LogP contribution in [0.3, 0.4) is 0 Å². The predicted octanol–water partition coefficient (Wildman–Crippen LogP) is 3.95. The minimum Gasteiger partial charge on any atom is -0.373 e. The van der Waals surface area contributed by atoms with E-state index < -0.39 is 0 Å². The van der Waals surface area contributed by atoms with E-state index in [1.165, 1.54) is 6.33 Å². The number of nitrogens with zero attached hydrogens (tertiary/aromatic N) is 4. The zero-order valence-electron chi connectivity index (χ0n) is 16.8. The number of halogens is 2. The van der Waals surface area contributed by atoms with Crippen molar-refractivity contribution in [2.24, 2.45) is 5.92 Å². The first kappa shape index (κ1) is 20.3. The summed E-state index contributed by atoms with van der Waals surface area (Å²) >= 11 is 12.3. The summed E-state index contributed by atoms with van der Waals surface area (Å²) in [6.07, 6.45) is 7.23. The van der Waals surface area contributed by atoms with Gasteiger partial charge in [-0.3, -0.25) is 9.89 Å². The van der Waals surface area contributed by atoms with Crippen molar-refractivity contribution in [3.05, 3.63) is 40.8 Å². The van der Waals surface area contributed by atoms with Crippen molar-refractivity contribution >= 4 is 51.6 Å². The third-order valence-electron chi connectivity index (χ3n) is 5.87. The molecule has 2 aliphatic rings. The predicted molar refractivity (Wildman–Crippen MR) is 122 cm³/mol. The smallest absolute Gasteiger partial charge is 0.245 e. The molecule has 2 fully saturated rings. The van der Waals surface area contributed by atoms with Gasteiger partial charge in [0, 0.05) is 34.9 Å². The fourth-order valence-corrected chi connectivity index (χ4v) is 4.72. The molecule has 2 aromatic heterocycles. The standard InChI is InChI=1S/C21H23Cl2N7O/c22-13-6-14(23)8-16(7-13)27-18(12-3-4-12)21(31)30-5-1-2-15(10-30)28-19-17-9-26-29-20(17)25-11-24-19/h6-9,11-12,15,18,27H,1-5,10H2,(H2,24,25,26,28,29)/t15?,18-/m1/s1. The molecule has 5 rings (SSSR count). The van der Waals surface area contributed by atoms with Crippen LogP contribution in [0.2, 0.25) is 10.0 Å². The first-order valence-electron chi connectivity index (χ1n) is 10.5. The Balaban J connectivity index is 1.29. The molecule has 162 valence electrons. The van der Waals surface area contributed by atoms with E-state index in [0.717, 1.165) is 49.1 Å². The van der Waals surface area contributed by atoms with Crippen LogP contribution in [-0.4, -0.2) is 56.1 Å². The molecular weight excluding hydrogens is 437 g/mol. The van der Waals surface area contributed by atoms with Gasteiger partial charge >= 0.3 is 0 Å². The van der Waals surface area contributed by atoms with E-state index >= 15 is 0 Å². The first-order chi connectivity index (χ1) is 15.1. The van der Waals surface area contributed by atoms with Crippen LogP contribution in [0.1, 0.15) is 25.7 Å². The Bertz CT molecular complexity index is 1080. The van der Waals surface area contributed by atoms with Gasteiger partial charge in [-0.1, -0.05) is 23.2 Å². The number of likely N-dealkylation sites (tertiary alicyclic amines) is 1. The van der Waals surface area contributed by atoms with Crippen molar-refractivity contribution in [2.75, 3.05) is 23.7 Å². The van der Waals surface area contributed by atoms with Gasteiger partial charge in [0.2, 0.25) is 5.91 Å². The molecule has 1 amide bonds. The molecule has 3 N–H and O–H groups in total. The number of carbonyl (C=O) groups is 1. The third kappa shape index (κ3) is 4.55. The fraction of sp³-hybridized carbons (Fsp3) is 0.429. The molecule has 10 heteroatoms. The van der Waals surface area contributed by atoms with Crippen molar-refractivity contribution in [3.8, 4) is 0 Å². The molecule has 3 aromatic rings. The van der Waals surface area contributed by atoms with Crippen LogP contribution >= 0.6 is 23.2 Å². The quantitative estimate of drug-likeness (QED) is 0.515. The van der Waals surface area contributed by atoms with E-state index in [2.05, 4.69) is 30.8 Å². The molecule has 1 aromatic carbocycles. The van der Waals surface area contributed by atoms with Crippen molar-refractivity contribution in [1.29, 1.82) is 0 Å². The van der Waals surface area contributed by atoms with Gasteiger partial charge in [0.15, 0.2) is 5.65 Å². The topological polar surface area (TPSA) is 98.8 Å². The van der Waals surface area contributed by atoms with Crippen LogP contribution in [0.15, 0.2) is 30.7 Å². The highest BCUT2D eigenvalue weighted by molar-refractivity contribution is 6.35. The number of aromatic amines is 1. The molecule has 0 radical (unpaired) electrons. The number of aromatic nitrogens is 4. The van der Waals surface area contributed by atoms with Gasteiger partial charge in [0.1, 0.15) is 18.2 Å². The highest BCUT2D eigenvalue weighted by Gasteiger charge is 2.39. The molecule has 3 heterocycles. The zero-order valence-corrected chi connectivity index (χ0v) is 18.3. The number of anilines is 2. The summed E-state index contributed by atoms with van der Waals surface area (Å²) in [6, 6.07) is 5.15. The minimum absolute atomic E-state index is 0.117. The van der Waals surface area contributed by atoms with E-state index in [1.807, 2.05) is 17.0 Å². The number of fused-ring (bicyclic) bond motifs is 1. The fourth-order valence-electron chi connectivity index (χ4n) is 4.19. The molecule has 31 heavy (non-hydrogen) atoms. The second-order valence-corrected chi connectivity index (χ2v) is 9.11. The number of H-pyrrole nitrogens is 1. The number of piperidine rings is 1. The highest BCUT2D eigenvalue weighted by atomic mass is 35.5. The van der Waals surface area contributed by atoms with E-state index in [4.69, 9.17) is 23.2 Å². The number of amides is 1. The van der Waals surface area contributed by atoms with Crippen LogP contribution in [0.5, 0.6) is 0 Å². The van der Waals surface area contributed by atoms with Crippen LogP contribution in [0.25, 0.3) is 11.0 Å². The van der Waals surface area contributed by atoms with Crippen LogP contribution < -0.4 is 10.6 Å². The summed E-state index contributed by atoms with van der Waals surface area (Å²) in [5, 5.41) is 15.7. The van der Waals surface area contributed by atoms with Gasteiger partial charge in [-0.15, -0.1) is 0 Å². The lowest BCUT2D eigenvalue weighted by atomic mass is 10.0. The maximum Gasteiger partial charge on any atom is 0.245 e. The number of rotatable bonds is 6. The van der Waals surface area contributed by atoms with Crippen molar-refractivity contribution in [2.45, 2.75) is 37.8 Å². The second kappa shape index (κ2) is 8.51. The highest BCUT2D eigenvalue weighted by Crippen LogP contribution is 2.36. The molecule has 8 nitrogen and oxygen atoms in total. The second-order valence-electron chi connectivity index (χ2n) is 8.24. The Kier molecular flexibility index (Phi) is 5.58. The SMILES string of the molecule is O=C([C@H](Nc1cc(Cl)cc(Cl)c1)C1CC1)N1CCCC(Nc2ncnc3[nH]ncc23)C1. The lowest BCUT2D eigenvalue weighted by Gasteiger charge is -2.36. The van der Waals surface area contributed by atoms with Gasteiger partial charge in [-0.25, -0.2) is 9.97 Å². The van der Waals surface area contributed by atoms with Gasteiger partial charge in [0.05, 0.1) is 11.6 Å². The Morgan fingerprint density at radius 2 is 1.97 bits per heavy atom. The van der Waals surface area contributed by atoms with E-state index in [1.54, 1.807) is 12.3 Å². The molecule has 1 aliphatic carbocycles. The monoisotopic (exact) mass is 459 g/mol. The third-order valence-corrected chi connectivity index (χ3v) is 6.30. The molecule has 1 aliphatic heterocycles. The normalized spacial score (nSPS) is 19.9. The largest absolute Gasteiger partial charge is 0.373 e. The van der Waals surface area contributed by atoms with Crippen molar-refractivity contribution < 1.29 is 4.79 Å². The first-order valence-corrected chi connectivity index (χ1v) is 11.2. The van der Waals surface area contributed by atoms with Gasteiger partial charge in [0.25, 0.3) is 0 Å². The number of hydrogen-bond acceptors (Lipinski definition) is 6. The Hall–Kier alpha value is -2.58. The summed E-state index contributed by atoms with van der Waals surface area (Å²) in [5.41, 5.74) is 1.47. The van der Waals surface area contributed by atoms with Crippen molar-refractivity contribution in [1.82, 2.24) is 25.1 Å². The summed E-state index contributed by atoms with van der Waals surface area (Å²) in [5.74, 6) is 1.20. The van der Waals surface area contributed by atoms with E-state index in [-0.39, 0.29) is 18.0 Å². The summed E-state index contributed by atoms with van der Waals surface area (Å²) in [6.45, 7) is 1.38. The Morgan fingerprint density at radius 1 is 1.16 bits per heavy atom. The van der Waals surface area contributed by atoms with Crippen LogP contribution in [0.4, 0.5) is 11.5 Å². The molecule has 2 atom stereocenters. The molecule has 1 saturated carbocycles. The molecular formula is C21H23Cl2N7O. The number of carbonyl (C=O) groups excluding carboxylic acids is 1. The average molecular weight is 460 g/mol. The zero-order chi connectivity index (χ0) is 21.4. The summed E-state index contributed by atoms with van der Waals surface area (Å²) in [7, 11) is 0. The van der Waals surface area contributed by atoms with Gasteiger partial charge < -0.3 is 15.5 Å².